The van der Waals surface area contributed by atoms with Crippen LogP contribution in [0.4, 0.5) is 14.5 Å². The van der Waals surface area contributed by atoms with Gasteiger partial charge < -0.3 is 5.32 Å². The molecule has 2 N–H and O–H groups in total. The Kier molecular flexibility index (Phi) is 6.99. The van der Waals surface area contributed by atoms with Crippen molar-refractivity contribution < 1.29 is 8.78 Å². The Morgan fingerprint density at radius 1 is 1.14 bits per heavy atom. The number of anilines is 1. The van der Waals surface area contributed by atoms with Gasteiger partial charge in [-0.15, -0.1) is 0 Å². The SMILES string of the molecule is C=C(Nc1ccc(C#N)nc1)C(=N)c1cc(-c2cncc(CN3CCC(F)(F)CC3)c2)ccc1C. The maximum absolute atomic E-state index is 13.5. The first-order valence-corrected chi connectivity index (χ1v) is 11.3. The number of allylic oxidation sites excluding steroid dienone is 1. The van der Waals surface area contributed by atoms with Crippen LogP contribution in [0.25, 0.3) is 11.1 Å². The molecule has 0 spiro atoms. The lowest BCUT2D eigenvalue weighted by Crippen LogP contribution is -2.38. The van der Waals surface area contributed by atoms with Gasteiger partial charge in [-0.3, -0.25) is 15.3 Å². The van der Waals surface area contributed by atoms with Gasteiger partial charge in [-0.25, -0.2) is 13.8 Å². The lowest BCUT2D eigenvalue weighted by molar-refractivity contribution is -0.0566. The van der Waals surface area contributed by atoms with E-state index in [-0.39, 0.29) is 18.6 Å². The molecular formula is C27H26F2N6. The fourth-order valence-corrected chi connectivity index (χ4v) is 4.03. The molecule has 1 aromatic carbocycles. The number of nitriles is 1. The lowest BCUT2D eigenvalue weighted by Gasteiger charge is -2.31. The second-order valence-corrected chi connectivity index (χ2v) is 8.77. The Bertz CT molecular complexity index is 1280. The Labute approximate surface area is 203 Å². The largest absolute Gasteiger partial charge is 0.353 e. The summed E-state index contributed by atoms with van der Waals surface area (Å²) < 4.78 is 26.9. The Morgan fingerprint density at radius 3 is 2.60 bits per heavy atom. The van der Waals surface area contributed by atoms with E-state index in [9.17, 15) is 8.78 Å². The van der Waals surface area contributed by atoms with Crippen molar-refractivity contribution in [3.63, 3.8) is 0 Å². The normalized spacial score (nSPS) is 15.3. The molecule has 1 saturated heterocycles. The predicted octanol–water partition coefficient (Wildman–Crippen LogP) is 5.55. The van der Waals surface area contributed by atoms with Crippen LogP contribution in [-0.4, -0.2) is 39.6 Å². The number of hydrogen-bond acceptors (Lipinski definition) is 6. The number of halogens is 2. The summed E-state index contributed by atoms with van der Waals surface area (Å²) >= 11 is 0. The number of nitrogens with one attached hydrogen (secondary N) is 2. The first kappa shape index (κ1) is 24.2. The third-order valence-corrected chi connectivity index (χ3v) is 6.10. The summed E-state index contributed by atoms with van der Waals surface area (Å²) in [5.74, 6) is -2.56. The van der Waals surface area contributed by atoms with Crippen molar-refractivity contribution in [1.82, 2.24) is 14.9 Å². The zero-order valence-corrected chi connectivity index (χ0v) is 19.5. The van der Waals surface area contributed by atoms with Crippen LogP contribution in [0.2, 0.25) is 0 Å². The smallest absolute Gasteiger partial charge is 0.250 e. The molecule has 2 aromatic heterocycles. The number of nitrogens with zero attached hydrogens (tertiary/aromatic N) is 4. The minimum atomic E-state index is -2.56. The summed E-state index contributed by atoms with van der Waals surface area (Å²) in [5.41, 5.74) is 6.02. The molecule has 1 aliphatic heterocycles. The van der Waals surface area contributed by atoms with Crippen molar-refractivity contribution in [3.05, 3.63) is 89.6 Å². The monoisotopic (exact) mass is 472 g/mol. The molecule has 0 atom stereocenters. The van der Waals surface area contributed by atoms with Crippen LogP contribution < -0.4 is 5.32 Å². The molecule has 4 rings (SSSR count). The number of benzene rings is 1. The summed E-state index contributed by atoms with van der Waals surface area (Å²) in [6.07, 6.45) is 4.84. The highest BCUT2D eigenvalue weighted by Crippen LogP contribution is 2.29. The molecule has 0 unspecified atom stereocenters. The second kappa shape index (κ2) is 10.1. The van der Waals surface area contributed by atoms with Crippen LogP contribution in [-0.2, 0) is 6.54 Å². The number of piperidine rings is 1. The summed E-state index contributed by atoms with van der Waals surface area (Å²) in [5, 5.41) is 20.7. The first-order valence-electron chi connectivity index (χ1n) is 11.3. The van der Waals surface area contributed by atoms with Crippen molar-refractivity contribution in [2.24, 2.45) is 0 Å². The first-order chi connectivity index (χ1) is 16.7. The van der Waals surface area contributed by atoms with Gasteiger partial charge in [0.2, 0.25) is 0 Å². The predicted molar refractivity (Wildman–Crippen MR) is 132 cm³/mol. The minimum absolute atomic E-state index is 0.111. The number of rotatable bonds is 7. The molecule has 178 valence electrons. The van der Waals surface area contributed by atoms with E-state index in [1.807, 2.05) is 42.2 Å². The van der Waals surface area contributed by atoms with Gasteiger partial charge in [-0.2, -0.15) is 5.26 Å². The van der Waals surface area contributed by atoms with Gasteiger partial charge in [0.25, 0.3) is 5.92 Å². The number of hydrogen-bond donors (Lipinski definition) is 2. The highest BCUT2D eigenvalue weighted by molar-refractivity contribution is 6.13. The van der Waals surface area contributed by atoms with E-state index < -0.39 is 5.92 Å². The summed E-state index contributed by atoms with van der Waals surface area (Å²) in [4.78, 5) is 10.4. The summed E-state index contributed by atoms with van der Waals surface area (Å²) in [6, 6.07) is 13.2. The van der Waals surface area contributed by atoms with Crippen LogP contribution >= 0.6 is 0 Å². The average Bonchev–Trinajstić information content (AvgIpc) is 2.86. The fourth-order valence-electron chi connectivity index (χ4n) is 4.03. The highest BCUT2D eigenvalue weighted by atomic mass is 19.3. The molecule has 1 fully saturated rings. The maximum Gasteiger partial charge on any atom is 0.250 e. The van der Waals surface area contributed by atoms with Gasteiger partial charge in [0.05, 0.1) is 23.3 Å². The molecule has 3 heterocycles. The third-order valence-electron chi connectivity index (χ3n) is 6.10. The molecule has 0 amide bonds. The quantitative estimate of drug-likeness (QED) is 0.440. The highest BCUT2D eigenvalue weighted by Gasteiger charge is 2.33. The molecular weight excluding hydrogens is 446 g/mol. The Balaban J connectivity index is 1.49. The molecule has 8 heteroatoms. The van der Waals surface area contributed by atoms with Gasteiger partial charge in [-0.1, -0.05) is 18.7 Å². The molecule has 0 radical (unpaired) electrons. The fraction of sp³-hybridized carbons (Fsp3) is 0.259. The summed E-state index contributed by atoms with van der Waals surface area (Å²) in [7, 11) is 0. The number of aryl methyl sites for hydroxylation is 1. The topological polar surface area (TPSA) is 88.7 Å². The molecule has 0 bridgehead atoms. The molecule has 35 heavy (non-hydrogen) atoms. The van der Waals surface area contributed by atoms with Gasteiger partial charge >= 0.3 is 0 Å². The molecule has 1 aliphatic rings. The number of aromatic nitrogens is 2. The average molecular weight is 473 g/mol. The third kappa shape index (κ3) is 5.94. The van der Waals surface area contributed by atoms with E-state index in [0.29, 0.717) is 36.7 Å². The van der Waals surface area contributed by atoms with Gasteiger partial charge in [-0.05, 0) is 47.9 Å². The standard InChI is InChI=1S/C27H26F2N6/c1-18-3-4-21(12-25(18)26(31)19(2)34-24-6-5-23(13-30)33-16-24)22-11-20(14-32-15-22)17-35-9-7-27(28,29)8-10-35/h3-6,11-12,14-16,31,34H,2,7-10,17H2,1H3. The molecule has 0 aliphatic carbocycles. The second-order valence-electron chi connectivity index (χ2n) is 8.77. The van der Waals surface area contributed by atoms with E-state index in [4.69, 9.17) is 10.7 Å². The van der Waals surface area contributed by atoms with Gasteiger partial charge in [0.15, 0.2) is 0 Å². The van der Waals surface area contributed by atoms with Crippen molar-refractivity contribution >= 4 is 11.4 Å². The number of alkyl halides is 2. The molecule has 3 aromatic rings. The Morgan fingerprint density at radius 2 is 1.91 bits per heavy atom. The van der Waals surface area contributed by atoms with Gasteiger partial charge in [0, 0.05) is 56.0 Å². The van der Waals surface area contributed by atoms with Gasteiger partial charge in [0.1, 0.15) is 11.8 Å². The van der Waals surface area contributed by atoms with E-state index in [1.165, 1.54) is 6.20 Å². The van der Waals surface area contributed by atoms with Crippen LogP contribution in [0.5, 0.6) is 0 Å². The lowest BCUT2D eigenvalue weighted by atomic mass is 9.96. The van der Waals surface area contributed by atoms with E-state index in [2.05, 4.69) is 21.9 Å². The van der Waals surface area contributed by atoms with Crippen molar-refractivity contribution in [1.29, 1.82) is 10.7 Å². The molecule has 0 saturated carbocycles. The van der Waals surface area contributed by atoms with E-state index in [1.54, 1.807) is 24.5 Å². The van der Waals surface area contributed by atoms with Crippen LogP contribution in [0, 0.1) is 23.7 Å². The van der Waals surface area contributed by atoms with E-state index in [0.717, 1.165) is 27.8 Å². The summed E-state index contributed by atoms with van der Waals surface area (Å²) in [6.45, 7) is 7.25. The van der Waals surface area contributed by atoms with Crippen LogP contribution in [0.15, 0.2) is 67.3 Å². The number of likely N-dealkylation sites (tertiary alicyclic amines) is 1. The maximum atomic E-state index is 13.5. The van der Waals surface area contributed by atoms with Crippen molar-refractivity contribution in [3.8, 4) is 17.2 Å². The zero-order chi connectivity index (χ0) is 25.0. The van der Waals surface area contributed by atoms with Crippen molar-refractivity contribution in [2.75, 3.05) is 18.4 Å². The number of pyridine rings is 2. The molecule has 6 nitrogen and oxygen atoms in total. The Hall–Kier alpha value is -3.96. The van der Waals surface area contributed by atoms with E-state index >= 15 is 0 Å². The van der Waals surface area contributed by atoms with Crippen LogP contribution in [0.1, 0.15) is 35.2 Å². The minimum Gasteiger partial charge on any atom is -0.353 e. The van der Waals surface area contributed by atoms with Crippen molar-refractivity contribution in [2.45, 2.75) is 32.2 Å². The zero-order valence-electron chi connectivity index (χ0n) is 19.5. The van der Waals surface area contributed by atoms with Crippen LogP contribution in [0.3, 0.4) is 0 Å².